The van der Waals surface area contributed by atoms with Gasteiger partial charge in [0.2, 0.25) is 5.13 Å². The smallest absolute Gasteiger partial charge is 0.371 e. The fourth-order valence-corrected chi connectivity index (χ4v) is 4.93. The molecular formula is C20H21F3N4OS. The Labute approximate surface area is 170 Å². The molecule has 2 aliphatic heterocycles. The third kappa shape index (κ3) is 3.52. The summed E-state index contributed by atoms with van der Waals surface area (Å²) in [6.45, 7) is 4.27. The number of carbonyl (C=O) groups excluding carboxylic acids is 1. The minimum absolute atomic E-state index is 0.134. The van der Waals surface area contributed by atoms with Gasteiger partial charge in [-0.25, -0.2) is 4.98 Å². The molecule has 0 saturated carbocycles. The predicted molar refractivity (Wildman–Crippen MR) is 108 cm³/mol. The van der Waals surface area contributed by atoms with Crippen LogP contribution in [0.2, 0.25) is 0 Å². The van der Waals surface area contributed by atoms with Crippen LogP contribution in [-0.2, 0) is 4.79 Å². The van der Waals surface area contributed by atoms with Crippen molar-refractivity contribution in [2.45, 2.75) is 51.7 Å². The average Bonchev–Trinajstić information content (AvgIpc) is 3.28. The van der Waals surface area contributed by atoms with Crippen molar-refractivity contribution in [3.05, 3.63) is 35.5 Å². The van der Waals surface area contributed by atoms with Gasteiger partial charge in [-0.1, -0.05) is 30.4 Å². The number of piperidine rings is 1. The Kier molecular flexibility index (Phi) is 5.10. The number of allylic oxidation sites excluding steroid dienone is 1. The number of carbonyl (C=O) groups is 1. The summed E-state index contributed by atoms with van der Waals surface area (Å²) in [7, 11) is 0. The number of aromatic nitrogens is 1. The molecule has 4 rings (SSSR count). The van der Waals surface area contributed by atoms with E-state index in [1.165, 1.54) is 0 Å². The van der Waals surface area contributed by atoms with E-state index >= 15 is 0 Å². The number of hydrogen-bond acceptors (Lipinski definition) is 5. The number of nitrogens with zero attached hydrogens (tertiary/aromatic N) is 4. The minimum atomic E-state index is -4.73. The van der Waals surface area contributed by atoms with Gasteiger partial charge in [-0.2, -0.15) is 23.3 Å². The lowest BCUT2D eigenvalue weighted by atomic mass is 9.97. The number of halogens is 3. The molecule has 29 heavy (non-hydrogen) atoms. The highest BCUT2D eigenvalue weighted by Gasteiger charge is 2.49. The first kappa shape index (κ1) is 19.9. The summed E-state index contributed by atoms with van der Waals surface area (Å²) in [5.41, 5.74) is -0.529. The number of benzene rings is 1. The summed E-state index contributed by atoms with van der Waals surface area (Å²) in [5, 5.41) is 4.64. The predicted octanol–water partition coefficient (Wildman–Crippen LogP) is 5.10. The second-order valence-electron chi connectivity index (χ2n) is 7.24. The van der Waals surface area contributed by atoms with Crippen molar-refractivity contribution in [3.8, 4) is 0 Å². The third-order valence-electron chi connectivity index (χ3n) is 5.47. The highest BCUT2D eigenvalue weighted by molar-refractivity contribution is 7.22. The van der Waals surface area contributed by atoms with Crippen molar-refractivity contribution in [2.24, 2.45) is 5.10 Å². The monoisotopic (exact) mass is 422 g/mol. The molecule has 2 aliphatic rings. The lowest BCUT2D eigenvalue weighted by Crippen LogP contribution is -2.40. The molecular weight excluding hydrogens is 401 g/mol. The van der Waals surface area contributed by atoms with Gasteiger partial charge in [0.1, 0.15) is 0 Å². The second-order valence-corrected chi connectivity index (χ2v) is 8.25. The molecule has 1 aromatic carbocycles. The van der Waals surface area contributed by atoms with Crippen LogP contribution in [0.25, 0.3) is 10.2 Å². The number of rotatable bonds is 3. The molecule has 1 atom stereocenters. The van der Waals surface area contributed by atoms with Crippen molar-refractivity contribution in [2.75, 3.05) is 11.6 Å². The fourth-order valence-electron chi connectivity index (χ4n) is 4.02. The van der Waals surface area contributed by atoms with Crippen molar-refractivity contribution < 1.29 is 18.0 Å². The number of alkyl halides is 3. The molecule has 9 heteroatoms. The zero-order valence-electron chi connectivity index (χ0n) is 16.2. The number of amides is 1. The first-order chi connectivity index (χ1) is 13.8. The fraction of sp³-hybridized carbons (Fsp3) is 0.450. The molecule has 1 amide bonds. The van der Waals surface area contributed by atoms with E-state index in [0.717, 1.165) is 46.7 Å². The van der Waals surface area contributed by atoms with Crippen LogP contribution in [0.15, 0.2) is 40.6 Å². The largest absolute Gasteiger partial charge is 0.436 e. The summed E-state index contributed by atoms with van der Waals surface area (Å²) in [6.07, 6.45) is -1.05. The van der Waals surface area contributed by atoms with E-state index in [-0.39, 0.29) is 16.7 Å². The molecule has 0 radical (unpaired) electrons. The van der Waals surface area contributed by atoms with Crippen LogP contribution < -0.4 is 5.01 Å². The molecule has 5 nitrogen and oxygen atoms in total. The number of para-hydroxylation sites is 1. The molecule has 0 N–H and O–H groups in total. The third-order valence-corrected chi connectivity index (χ3v) is 6.48. The summed E-state index contributed by atoms with van der Waals surface area (Å²) < 4.78 is 42.2. The first-order valence-corrected chi connectivity index (χ1v) is 10.5. The van der Waals surface area contributed by atoms with Crippen molar-refractivity contribution in [1.82, 2.24) is 9.88 Å². The van der Waals surface area contributed by atoms with E-state index in [4.69, 9.17) is 0 Å². The number of fused-ring (bicyclic) bond motifs is 1. The molecule has 3 heterocycles. The summed E-state index contributed by atoms with van der Waals surface area (Å²) >= 11 is 1.15. The van der Waals surface area contributed by atoms with E-state index in [2.05, 4.69) is 10.1 Å². The Morgan fingerprint density at radius 2 is 2.03 bits per heavy atom. The molecule has 2 aromatic rings. The average molecular weight is 422 g/mol. The second kappa shape index (κ2) is 7.44. The summed E-state index contributed by atoms with van der Waals surface area (Å²) in [5.74, 6) is -0.769. The Morgan fingerprint density at radius 3 is 2.72 bits per heavy atom. The van der Waals surface area contributed by atoms with Gasteiger partial charge < -0.3 is 4.90 Å². The maximum absolute atomic E-state index is 13.8. The molecule has 1 aromatic heterocycles. The van der Waals surface area contributed by atoms with Gasteiger partial charge in [-0.05, 0) is 44.7 Å². The van der Waals surface area contributed by atoms with Gasteiger partial charge in [-0.15, -0.1) is 0 Å². The van der Waals surface area contributed by atoms with Crippen molar-refractivity contribution in [1.29, 1.82) is 0 Å². The Hall–Kier alpha value is -2.42. The minimum Gasteiger partial charge on any atom is -0.371 e. The van der Waals surface area contributed by atoms with Gasteiger partial charge in [-0.3, -0.25) is 4.79 Å². The van der Waals surface area contributed by atoms with Crippen LogP contribution in [0.5, 0.6) is 0 Å². The van der Waals surface area contributed by atoms with Gasteiger partial charge in [0.25, 0.3) is 5.91 Å². The molecule has 1 fully saturated rings. The van der Waals surface area contributed by atoms with Gasteiger partial charge in [0, 0.05) is 18.3 Å². The molecule has 0 bridgehead atoms. The van der Waals surface area contributed by atoms with Gasteiger partial charge in [0.05, 0.1) is 15.8 Å². The van der Waals surface area contributed by atoms with Gasteiger partial charge in [0.15, 0.2) is 5.71 Å². The van der Waals surface area contributed by atoms with Crippen molar-refractivity contribution in [3.63, 3.8) is 0 Å². The van der Waals surface area contributed by atoms with Crippen molar-refractivity contribution >= 4 is 38.3 Å². The van der Waals surface area contributed by atoms with Crippen LogP contribution in [0, 0.1) is 0 Å². The number of likely N-dealkylation sites (tertiary alicyclic amines) is 1. The summed E-state index contributed by atoms with van der Waals surface area (Å²) in [6, 6.07) is 7.31. The highest BCUT2D eigenvalue weighted by Crippen LogP contribution is 2.38. The molecule has 1 saturated heterocycles. The number of hydrogen-bond donors (Lipinski definition) is 0. The van der Waals surface area contributed by atoms with E-state index in [1.807, 2.05) is 24.0 Å². The van der Waals surface area contributed by atoms with Crippen LogP contribution in [0.3, 0.4) is 0 Å². The van der Waals surface area contributed by atoms with E-state index in [9.17, 15) is 18.0 Å². The molecule has 0 aliphatic carbocycles. The lowest BCUT2D eigenvalue weighted by molar-refractivity contribution is -0.114. The number of thiazole rings is 1. The summed E-state index contributed by atoms with van der Waals surface area (Å²) in [4.78, 5) is 19.4. The quantitative estimate of drug-likeness (QED) is 0.647. The van der Waals surface area contributed by atoms with E-state index < -0.39 is 17.8 Å². The number of anilines is 1. The maximum Gasteiger partial charge on any atom is 0.436 e. The van der Waals surface area contributed by atoms with Crippen LogP contribution in [-0.4, -0.2) is 40.3 Å². The molecule has 0 spiro atoms. The first-order valence-electron chi connectivity index (χ1n) is 9.65. The normalized spacial score (nSPS) is 22.4. The SMILES string of the molecule is CCC1CCCCN1/C(C)=C1\C(=O)N(c2nc3ccccc3s2)N=C1C(F)(F)F. The Morgan fingerprint density at radius 1 is 1.28 bits per heavy atom. The highest BCUT2D eigenvalue weighted by atomic mass is 32.1. The van der Waals surface area contributed by atoms with Crippen LogP contribution in [0.4, 0.5) is 18.3 Å². The topological polar surface area (TPSA) is 48.8 Å². The lowest BCUT2D eigenvalue weighted by Gasteiger charge is -2.38. The molecule has 154 valence electrons. The Balaban J connectivity index is 1.79. The van der Waals surface area contributed by atoms with Gasteiger partial charge >= 0.3 is 6.18 Å². The standard InChI is InChI=1S/C20H21F3N4OS/c1-3-13-8-6-7-11-26(13)12(2)16-17(20(21,22)23)25-27(18(16)28)19-24-14-9-4-5-10-15(14)29-19/h4-5,9-10,13H,3,6-8,11H2,1-2H3/b16-12-. The number of hydrazone groups is 1. The zero-order valence-corrected chi connectivity index (χ0v) is 17.0. The van der Waals surface area contributed by atoms with E-state index in [1.54, 1.807) is 19.1 Å². The molecule has 1 unspecified atom stereocenters. The Bertz CT molecular complexity index is 978. The van der Waals surface area contributed by atoms with Crippen LogP contribution in [0.1, 0.15) is 39.5 Å². The zero-order chi connectivity index (χ0) is 20.8. The van der Waals surface area contributed by atoms with E-state index in [0.29, 0.717) is 17.8 Å². The maximum atomic E-state index is 13.8. The van der Waals surface area contributed by atoms with Crippen LogP contribution >= 0.6 is 11.3 Å².